The molecule has 1 aliphatic rings. The second kappa shape index (κ2) is 9.15. The van der Waals surface area contributed by atoms with Crippen LogP contribution in [0, 0.1) is 20.8 Å². The second-order valence-corrected chi connectivity index (χ2v) is 11.9. The predicted molar refractivity (Wildman–Crippen MR) is 165 cm³/mol. The van der Waals surface area contributed by atoms with Crippen LogP contribution in [0.25, 0.3) is 33.2 Å². The number of aromatic hydroxyl groups is 1. The van der Waals surface area contributed by atoms with E-state index in [1.807, 2.05) is 82.6 Å². The van der Waals surface area contributed by atoms with E-state index in [1.54, 1.807) is 15.4 Å². The van der Waals surface area contributed by atoms with E-state index in [4.69, 9.17) is 20.6 Å². The molecule has 11 heteroatoms. The molecule has 3 N–H and O–H groups in total. The van der Waals surface area contributed by atoms with Crippen molar-refractivity contribution in [3.63, 3.8) is 0 Å². The molecule has 2 aromatic carbocycles. The van der Waals surface area contributed by atoms with Gasteiger partial charge >= 0.3 is 0 Å². The summed E-state index contributed by atoms with van der Waals surface area (Å²) in [6.45, 7) is 11.7. The third-order valence-electron chi connectivity index (χ3n) is 8.28. The van der Waals surface area contributed by atoms with Crippen LogP contribution in [0.1, 0.15) is 55.2 Å². The number of phenolic OH excluding ortho intramolecular Hbond substituents is 1. The number of aromatic nitrogens is 7. The number of phenols is 1. The molecule has 7 rings (SSSR count). The molecule has 0 unspecified atom stereocenters. The van der Waals surface area contributed by atoms with E-state index >= 15 is 0 Å². The maximum absolute atomic E-state index is 14.3. The number of anilines is 1. The molecule has 218 valence electrons. The maximum Gasteiger partial charge on any atom is 0.281 e. The summed E-state index contributed by atoms with van der Waals surface area (Å²) in [7, 11) is 0. The van der Waals surface area contributed by atoms with Gasteiger partial charge in [-0.3, -0.25) is 9.47 Å². The van der Waals surface area contributed by atoms with Crippen LogP contribution in [-0.4, -0.2) is 44.8 Å². The van der Waals surface area contributed by atoms with Crippen molar-refractivity contribution in [2.24, 2.45) is 0 Å². The summed E-state index contributed by atoms with van der Waals surface area (Å²) in [6, 6.07) is 12.5. The molecular weight excluding hydrogens is 544 g/mol. The van der Waals surface area contributed by atoms with Gasteiger partial charge in [0.25, 0.3) is 5.56 Å². The van der Waals surface area contributed by atoms with Gasteiger partial charge < -0.3 is 15.6 Å². The summed E-state index contributed by atoms with van der Waals surface area (Å²) in [5.41, 5.74) is 11.7. The lowest BCUT2D eigenvalue weighted by Gasteiger charge is -2.22. The predicted octanol–water partition coefficient (Wildman–Crippen LogP) is 4.85. The van der Waals surface area contributed by atoms with Gasteiger partial charge in [-0.05, 0) is 77.4 Å². The topological polar surface area (TPSA) is 139 Å². The van der Waals surface area contributed by atoms with Crippen LogP contribution in [0.15, 0.2) is 53.6 Å². The number of nitrogen functional groups attached to an aromatic ring is 1. The van der Waals surface area contributed by atoms with E-state index < -0.39 is 11.6 Å². The molecule has 1 aliphatic heterocycles. The maximum atomic E-state index is 14.3. The molecule has 0 spiro atoms. The standard InChI is InChI=1S/C32H32N8O3/c1-16-8-7-9-22-24(16)31(42)40(39-17(2)10-11-18(39)3)29(36-22)19(4)38-30-25(28(33)34-15-35-30)26(37-38)20-12-13-23(41)27-21(20)14-32(5,6)43-27/h7-13,15,19,41H,14H2,1-6H3,(H2,33,34,35)/t19-/m0/s1. The van der Waals surface area contributed by atoms with Crippen molar-refractivity contribution in [2.45, 2.75) is 59.6 Å². The average Bonchev–Trinajstić information content (AvgIpc) is 3.61. The summed E-state index contributed by atoms with van der Waals surface area (Å²) >= 11 is 0. The van der Waals surface area contributed by atoms with Crippen molar-refractivity contribution >= 4 is 27.8 Å². The number of ether oxygens (including phenoxy) is 1. The third-order valence-corrected chi connectivity index (χ3v) is 8.28. The highest BCUT2D eigenvalue weighted by molar-refractivity contribution is 5.99. The Kier molecular flexibility index (Phi) is 5.68. The minimum absolute atomic E-state index is 0.0720. The largest absolute Gasteiger partial charge is 0.504 e. The SMILES string of the molecule is Cc1cccc2nc([C@H](C)n3nc(-c4ccc(O)c5c4CC(C)(C)O5)c4c(N)ncnc43)n(-n3c(C)ccc3C)c(=O)c12. The van der Waals surface area contributed by atoms with E-state index in [0.717, 1.165) is 28.1 Å². The minimum Gasteiger partial charge on any atom is -0.504 e. The number of hydrogen-bond acceptors (Lipinski definition) is 8. The highest BCUT2D eigenvalue weighted by Crippen LogP contribution is 2.47. The fourth-order valence-electron chi connectivity index (χ4n) is 6.27. The summed E-state index contributed by atoms with van der Waals surface area (Å²) in [6.07, 6.45) is 1.98. The van der Waals surface area contributed by atoms with Crippen molar-refractivity contribution in [2.75, 3.05) is 5.73 Å². The van der Waals surface area contributed by atoms with Gasteiger partial charge in [0.15, 0.2) is 23.0 Å². The van der Waals surface area contributed by atoms with E-state index in [1.165, 1.54) is 6.33 Å². The van der Waals surface area contributed by atoms with Crippen molar-refractivity contribution in [1.82, 2.24) is 34.1 Å². The first-order valence-electron chi connectivity index (χ1n) is 14.2. The van der Waals surface area contributed by atoms with E-state index in [0.29, 0.717) is 45.6 Å². The lowest BCUT2D eigenvalue weighted by molar-refractivity contribution is 0.134. The van der Waals surface area contributed by atoms with Gasteiger partial charge in [-0.2, -0.15) is 9.77 Å². The zero-order chi connectivity index (χ0) is 30.4. The van der Waals surface area contributed by atoms with Crippen LogP contribution in [0.2, 0.25) is 0 Å². The van der Waals surface area contributed by atoms with Gasteiger partial charge in [-0.1, -0.05) is 12.1 Å². The molecule has 0 radical (unpaired) electrons. The number of nitrogens with two attached hydrogens (primary N) is 1. The van der Waals surface area contributed by atoms with Crippen molar-refractivity contribution in [1.29, 1.82) is 0 Å². The Balaban J connectivity index is 1.52. The Morgan fingerprint density at radius 3 is 2.49 bits per heavy atom. The molecule has 5 heterocycles. The van der Waals surface area contributed by atoms with Crippen molar-refractivity contribution in [3.05, 3.63) is 87.5 Å². The van der Waals surface area contributed by atoms with Crippen LogP contribution < -0.4 is 16.0 Å². The van der Waals surface area contributed by atoms with Crippen LogP contribution in [-0.2, 0) is 6.42 Å². The molecule has 0 saturated carbocycles. The van der Waals surface area contributed by atoms with Gasteiger partial charge in [0, 0.05) is 28.9 Å². The molecule has 4 aromatic heterocycles. The van der Waals surface area contributed by atoms with Crippen LogP contribution >= 0.6 is 0 Å². The van der Waals surface area contributed by atoms with E-state index in [9.17, 15) is 9.90 Å². The summed E-state index contributed by atoms with van der Waals surface area (Å²) in [5.74, 6) is 1.27. The number of nitrogens with zero attached hydrogens (tertiary/aromatic N) is 7. The van der Waals surface area contributed by atoms with E-state index in [-0.39, 0.29) is 17.1 Å². The number of hydrogen-bond donors (Lipinski definition) is 2. The number of aryl methyl sites for hydroxylation is 3. The van der Waals surface area contributed by atoms with Crippen molar-refractivity contribution < 1.29 is 9.84 Å². The second-order valence-electron chi connectivity index (χ2n) is 11.9. The summed E-state index contributed by atoms with van der Waals surface area (Å²) < 4.78 is 11.4. The third kappa shape index (κ3) is 3.91. The van der Waals surface area contributed by atoms with Gasteiger partial charge in [-0.25, -0.2) is 19.6 Å². The Morgan fingerprint density at radius 1 is 1.00 bits per heavy atom. The Labute approximate surface area is 247 Å². The van der Waals surface area contributed by atoms with Gasteiger partial charge in [0.2, 0.25) is 0 Å². The summed E-state index contributed by atoms with van der Waals surface area (Å²) in [5, 5.41) is 16.8. The first-order chi connectivity index (χ1) is 20.5. The van der Waals surface area contributed by atoms with Crippen LogP contribution in [0.4, 0.5) is 5.82 Å². The molecule has 0 bridgehead atoms. The Bertz CT molecular complexity index is 2150. The fraction of sp³-hybridized carbons (Fsp3) is 0.281. The zero-order valence-electron chi connectivity index (χ0n) is 24.9. The smallest absolute Gasteiger partial charge is 0.281 e. The molecule has 11 nitrogen and oxygen atoms in total. The highest BCUT2D eigenvalue weighted by Gasteiger charge is 2.36. The zero-order valence-corrected chi connectivity index (χ0v) is 24.9. The first-order valence-corrected chi connectivity index (χ1v) is 14.2. The molecular formula is C32H32N8O3. The molecule has 0 amide bonds. The Hall–Kier alpha value is -5.19. The monoisotopic (exact) mass is 576 g/mol. The number of rotatable bonds is 4. The summed E-state index contributed by atoms with van der Waals surface area (Å²) in [4.78, 5) is 28.2. The average molecular weight is 577 g/mol. The minimum atomic E-state index is -0.554. The molecule has 6 aromatic rings. The van der Waals surface area contributed by atoms with Gasteiger partial charge in [0.1, 0.15) is 29.5 Å². The lowest BCUT2D eigenvalue weighted by Crippen LogP contribution is -2.34. The van der Waals surface area contributed by atoms with Gasteiger partial charge in [0.05, 0.1) is 16.3 Å². The molecule has 0 saturated heterocycles. The normalized spacial score (nSPS) is 14.7. The lowest BCUT2D eigenvalue weighted by atomic mass is 9.95. The quantitative estimate of drug-likeness (QED) is 0.304. The van der Waals surface area contributed by atoms with Gasteiger partial charge in [-0.15, -0.1) is 0 Å². The molecule has 0 fully saturated rings. The van der Waals surface area contributed by atoms with Crippen LogP contribution in [0.3, 0.4) is 0 Å². The fourth-order valence-corrected chi connectivity index (χ4v) is 6.27. The first kappa shape index (κ1) is 26.7. The van der Waals surface area contributed by atoms with E-state index in [2.05, 4.69) is 9.97 Å². The number of fused-ring (bicyclic) bond motifs is 3. The highest BCUT2D eigenvalue weighted by atomic mass is 16.5. The van der Waals surface area contributed by atoms with Crippen molar-refractivity contribution in [3.8, 4) is 22.8 Å². The molecule has 1 atom stereocenters. The Morgan fingerprint density at radius 2 is 1.74 bits per heavy atom. The number of benzene rings is 2. The molecule has 43 heavy (non-hydrogen) atoms. The molecule has 0 aliphatic carbocycles. The van der Waals surface area contributed by atoms with Crippen LogP contribution in [0.5, 0.6) is 11.5 Å².